The third-order valence-electron chi connectivity index (χ3n) is 2.24. The zero-order valence-corrected chi connectivity index (χ0v) is 11.7. The van der Waals surface area contributed by atoms with Crippen LogP contribution < -0.4 is 10.6 Å². The van der Waals surface area contributed by atoms with Crippen LogP contribution in [0.25, 0.3) is 0 Å². The molecule has 0 saturated heterocycles. The summed E-state index contributed by atoms with van der Waals surface area (Å²) in [6, 6.07) is 1.74. The van der Waals surface area contributed by atoms with Gasteiger partial charge in [0, 0.05) is 37.0 Å². The average Bonchev–Trinajstić information content (AvgIpc) is 2.49. The van der Waals surface area contributed by atoms with Gasteiger partial charge in [-0.3, -0.25) is 4.79 Å². The highest BCUT2D eigenvalue weighted by Crippen LogP contribution is 1.93. The molecule has 0 aromatic carbocycles. The van der Waals surface area contributed by atoms with Gasteiger partial charge in [0.15, 0.2) is 0 Å². The molecule has 0 aliphatic carbocycles. The Hall–Kier alpha value is -2.61. The molecule has 0 atom stereocenters. The van der Waals surface area contributed by atoms with Crippen LogP contribution in [0.2, 0.25) is 0 Å². The fraction of sp³-hybridized carbons (Fsp3) is 0.267. The Balaban J connectivity index is 2.29. The Kier molecular flexibility index (Phi) is 7.21. The molecule has 104 valence electrons. The van der Waals surface area contributed by atoms with E-state index in [0.717, 1.165) is 5.57 Å². The first-order valence-electron chi connectivity index (χ1n) is 6.36. The summed E-state index contributed by atoms with van der Waals surface area (Å²) in [4.78, 5) is 19.5. The summed E-state index contributed by atoms with van der Waals surface area (Å²) in [5, 5.41) is 5.68. The molecule has 1 heterocycles. The third kappa shape index (κ3) is 6.36. The Morgan fingerprint density at radius 2 is 2.00 bits per heavy atom. The van der Waals surface area contributed by atoms with E-state index in [1.165, 1.54) is 0 Å². The van der Waals surface area contributed by atoms with Crippen LogP contribution in [0.1, 0.15) is 13.8 Å². The number of rotatable bonds is 5. The van der Waals surface area contributed by atoms with Crippen molar-refractivity contribution in [2.75, 3.05) is 18.4 Å². The smallest absolute Gasteiger partial charge is 0.296 e. The summed E-state index contributed by atoms with van der Waals surface area (Å²) in [6.45, 7) is 4.79. The molecular formula is C15H18N4O. The lowest BCUT2D eigenvalue weighted by molar-refractivity contribution is -0.115. The first-order chi connectivity index (χ1) is 9.76. The van der Waals surface area contributed by atoms with Gasteiger partial charge in [-0.1, -0.05) is 24.1 Å². The van der Waals surface area contributed by atoms with Crippen molar-refractivity contribution in [1.82, 2.24) is 15.3 Å². The lowest BCUT2D eigenvalue weighted by Crippen LogP contribution is -2.27. The Morgan fingerprint density at radius 3 is 2.65 bits per heavy atom. The molecule has 0 saturated carbocycles. The molecule has 0 fully saturated rings. The van der Waals surface area contributed by atoms with E-state index in [9.17, 15) is 4.79 Å². The second kappa shape index (κ2) is 9.34. The Bertz CT molecular complexity index is 538. The highest BCUT2D eigenvalue weighted by Gasteiger charge is 1.95. The topological polar surface area (TPSA) is 66.9 Å². The van der Waals surface area contributed by atoms with Crippen LogP contribution in [-0.2, 0) is 4.79 Å². The lowest BCUT2D eigenvalue weighted by atomic mass is 10.2. The zero-order valence-electron chi connectivity index (χ0n) is 11.7. The minimum absolute atomic E-state index is 0.301. The fourth-order valence-electron chi connectivity index (χ4n) is 1.30. The monoisotopic (exact) mass is 270 g/mol. The maximum Gasteiger partial charge on any atom is 0.296 e. The van der Waals surface area contributed by atoms with E-state index < -0.39 is 0 Å². The van der Waals surface area contributed by atoms with Crippen molar-refractivity contribution < 1.29 is 4.79 Å². The average molecular weight is 270 g/mol. The molecular weight excluding hydrogens is 252 g/mol. The normalized spacial score (nSPS) is 10.8. The minimum atomic E-state index is -0.301. The summed E-state index contributed by atoms with van der Waals surface area (Å²) < 4.78 is 0. The van der Waals surface area contributed by atoms with E-state index in [0.29, 0.717) is 19.0 Å². The van der Waals surface area contributed by atoms with Crippen LogP contribution in [-0.4, -0.2) is 29.0 Å². The first-order valence-corrected chi connectivity index (χ1v) is 6.36. The maximum atomic E-state index is 11.5. The Labute approximate surface area is 119 Å². The van der Waals surface area contributed by atoms with Crippen LogP contribution in [0.3, 0.4) is 0 Å². The molecule has 1 aromatic rings. The number of aromatic nitrogens is 2. The molecule has 0 spiro atoms. The predicted molar refractivity (Wildman–Crippen MR) is 79.9 cm³/mol. The van der Waals surface area contributed by atoms with E-state index in [1.54, 1.807) is 18.5 Å². The van der Waals surface area contributed by atoms with Gasteiger partial charge in [-0.15, -0.1) is 0 Å². The molecule has 0 bridgehead atoms. The number of amides is 1. The van der Waals surface area contributed by atoms with Crippen molar-refractivity contribution in [3.8, 4) is 11.8 Å². The van der Waals surface area contributed by atoms with Crippen LogP contribution in [0.4, 0.5) is 5.95 Å². The molecule has 5 nitrogen and oxygen atoms in total. The molecule has 0 radical (unpaired) electrons. The van der Waals surface area contributed by atoms with Crippen molar-refractivity contribution in [2.24, 2.45) is 0 Å². The Morgan fingerprint density at radius 1 is 1.25 bits per heavy atom. The lowest BCUT2D eigenvalue weighted by Gasteiger charge is -2.03. The molecule has 1 rings (SSSR count). The van der Waals surface area contributed by atoms with Crippen LogP contribution in [0, 0.1) is 11.8 Å². The van der Waals surface area contributed by atoms with Gasteiger partial charge in [0.05, 0.1) is 0 Å². The van der Waals surface area contributed by atoms with Gasteiger partial charge >= 0.3 is 0 Å². The van der Waals surface area contributed by atoms with Gasteiger partial charge in [-0.25, -0.2) is 9.97 Å². The van der Waals surface area contributed by atoms with Crippen molar-refractivity contribution in [2.45, 2.75) is 13.8 Å². The molecule has 0 aliphatic rings. The summed E-state index contributed by atoms with van der Waals surface area (Å²) in [5.74, 6) is 5.57. The number of hydrogen-bond acceptors (Lipinski definition) is 4. The SMILES string of the molecule is C/C=C\C(C#CC(=O)NCCNc1ncccn1)=C/C. The van der Waals surface area contributed by atoms with Gasteiger partial charge in [-0.2, -0.15) is 0 Å². The minimum Gasteiger partial charge on any atom is -0.352 e. The molecule has 5 heteroatoms. The number of nitrogens with one attached hydrogen (secondary N) is 2. The molecule has 0 unspecified atom stereocenters. The number of anilines is 1. The van der Waals surface area contributed by atoms with Gasteiger partial charge in [0.25, 0.3) is 5.91 Å². The quantitative estimate of drug-likeness (QED) is 0.484. The number of nitrogens with zero attached hydrogens (tertiary/aromatic N) is 2. The van der Waals surface area contributed by atoms with Gasteiger partial charge < -0.3 is 10.6 Å². The highest BCUT2D eigenvalue weighted by atomic mass is 16.1. The summed E-state index contributed by atoms with van der Waals surface area (Å²) in [7, 11) is 0. The van der Waals surface area contributed by atoms with E-state index in [4.69, 9.17) is 0 Å². The van der Waals surface area contributed by atoms with Crippen molar-refractivity contribution in [3.63, 3.8) is 0 Å². The highest BCUT2D eigenvalue weighted by molar-refractivity contribution is 5.94. The van der Waals surface area contributed by atoms with Crippen molar-refractivity contribution in [3.05, 3.63) is 42.3 Å². The van der Waals surface area contributed by atoms with Crippen LogP contribution in [0.5, 0.6) is 0 Å². The fourth-order valence-corrected chi connectivity index (χ4v) is 1.30. The van der Waals surface area contributed by atoms with Gasteiger partial charge in [0.1, 0.15) is 0 Å². The van der Waals surface area contributed by atoms with E-state index in [2.05, 4.69) is 32.4 Å². The third-order valence-corrected chi connectivity index (χ3v) is 2.24. The zero-order chi connectivity index (χ0) is 14.6. The van der Waals surface area contributed by atoms with E-state index in [-0.39, 0.29) is 5.91 Å². The molecule has 1 amide bonds. The number of carbonyl (C=O) groups is 1. The standard InChI is InChI=1S/C15H18N4O/c1-3-6-13(4-2)7-8-14(20)16-11-12-19-15-17-9-5-10-18-15/h3-6,9-10H,11-12H2,1-2H3,(H,16,20)(H,17,18,19)/b6-3-,13-4+. The molecule has 1 aromatic heterocycles. The number of allylic oxidation sites excluding steroid dienone is 4. The van der Waals surface area contributed by atoms with Gasteiger partial charge in [0.2, 0.25) is 5.95 Å². The second-order valence-electron chi connectivity index (χ2n) is 3.75. The van der Waals surface area contributed by atoms with Gasteiger partial charge in [-0.05, 0) is 19.9 Å². The van der Waals surface area contributed by atoms with E-state index >= 15 is 0 Å². The van der Waals surface area contributed by atoms with Crippen molar-refractivity contribution >= 4 is 11.9 Å². The maximum absolute atomic E-state index is 11.5. The predicted octanol–water partition coefficient (Wildman–Crippen LogP) is 1.53. The van der Waals surface area contributed by atoms with Crippen LogP contribution >= 0.6 is 0 Å². The largest absolute Gasteiger partial charge is 0.352 e. The molecule has 2 N–H and O–H groups in total. The summed E-state index contributed by atoms with van der Waals surface area (Å²) in [6.07, 6.45) is 8.90. The van der Waals surface area contributed by atoms with Crippen molar-refractivity contribution in [1.29, 1.82) is 0 Å². The second-order valence-corrected chi connectivity index (χ2v) is 3.75. The first kappa shape index (κ1) is 15.4. The van der Waals surface area contributed by atoms with Crippen LogP contribution in [0.15, 0.2) is 42.3 Å². The summed E-state index contributed by atoms with van der Waals surface area (Å²) in [5.41, 5.74) is 0.818. The molecule has 20 heavy (non-hydrogen) atoms. The number of hydrogen-bond donors (Lipinski definition) is 2. The molecule has 0 aliphatic heterocycles. The number of carbonyl (C=O) groups excluding carboxylic acids is 1. The van der Waals surface area contributed by atoms with E-state index in [1.807, 2.05) is 32.1 Å². The summed E-state index contributed by atoms with van der Waals surface area (Å²) >= 11 is 0.